The van der Waals surface area contributed by atoms with Crippen molar-refractivity contribution >= 4 is 29.5 Å². The summed E-state index contributed by atoms with van der Waals surface area (Å²) in [5, 5.41) is 10.4. The monoisotopic (exact) mass is 601 g/mol. The molecule has 7 nitrogen and oxygen atoms in total. The number of fused-ring (bicyclic) bond motifs is 1. The van der Waals surface area contributed by atoms with Gasteiger partial charge in [0.1, 0.15) is 6.04 Å². The third kappa shape index (κ3) is 5.44. The van der Waals surface area contributed by atoms with Gasteiger partial charge in [0.2, 0.25) is 17.7 Å². The first-order valence-corrected chi connectivity index (χ1v) is 16.1. The van der Waals surface area contributed by atoms with Crippen molar-refractivity contribution in [3.05, 3.63) is 97.1 Å². The normalized spacial score (nSPS) is 27.9. The molecule has 0 radical (unpaired) electrons. The van der Waals surface area contributed by atoms with E-state index in [2.05, 4.69) is 20.1 Å². The minimum Gasteiger partial charge on any atom is -0.394 e. The fraction of sp³-hybridized carbons (Fsp3) is 0.457. The Labute approximate surface area is 259 Å². The lowest BCUT2D eigenvalue weighted by atomic mass is 9.66. The second-order valence-corrected chi connectivity index (χ2v) is 14.1. The number of nitrogens with zero attached hydrogens (tertiary/aromatic N) is 3. The minimum absolute atomic E-state index is 0.0731. The van der Waals surface area contributed by atoms with E-state index in [4.69, 9.17) is 0 Å². The van der Waals surface area contributed by atoms with Gasteiger partial charge < -0.3 is 19.8 Å². The average Bonchev–Trinajstić information content (AvgIpc) is 3.58. The third-order valence-corrected chi connectivity index (χ3v) is 11.5. The van der Waals surface area contributed by atoms with Crippen LogP contribution in [0.5, 0.6) is 0 Å². The molecule has 1 spiro atoms. The summed E-state index contributed by atoms with van der Waals surface area (Å²) in [4.78, 5) is 49.0. The van der Waals surface area contributed by atoms with Crippen molar-refractivity contribution in [1.82, 2.24) is 14.7 Å². The van der Waals surface area contributed by atoms with Gasteiger partial charge in [0.05, 0.1) is 29.2 Å². The first-order chi connectivity index (χ1) is 20.7. The zero-order valence-electron chi connectivity index (χ0n) is 25.2. The Morgan fingerprint density at radius 1 is 0.977 bits per heavy atom. The topological polar surface area (TPSA) is 81.2 Å². The van der Waals surface area contributed by atoms with Gasteiger partial charge in [-0.1, -0.05) is 79.7 Å². The molecule has 6 atom stereocenters. The van der Waals surface area contributed by atoms with Gasteiger partial charge in [-0.05, 0) is 37.3 Å². The number of carbonyl (C=O) groups is 3. The van der Waals surface area contributed by atoms with Crippen molar-refractivity contribution in [1.29, 1.82) is 0 Å². The summed E-state index contributed by atoms with van der Waals surface area (Å²) in [6.07, 6.45) is 5.34. The predicted octanol–water partition coefficient (Wildman–Crippen LogP) is 4.67. The molecule has 2 bridgehead atoms. The lowest BCUT2D eigenvalue weighted by molar-refractivity contribution is -0.148. The van der Waals surface area contributed by atoms with Crippen LogP contribution in [0.2, 0.25) is 0 Å². The number of rotatable bonds is 13. The van der Waals surface area contributed by atoms with Crippen LogP contribution in [-0.2, 0) is 27.5 Å². The van der Waals surface area contributed by atoms with Gasteiger partial charge in [0.25, 0.3) is 0 Å². The van der Waals surface area contributed by atoms with Crippen molar-refractivity contribution in [2.24, 2.45) is 11.8 Å². The van der Waals surface area contributed by atoms with Crippen LogP contribution < -0.4 is 0 Å². The summed E-state index contributed by atoms with van der Waals surface area (Å²) in [6.45, 7) is 13.1. The number of hydrogen-bond acceptors (Lipinski definition) is 5. The number of aliphatic hydroxyl groups is 1. The highest BCUT2D eigenvalue weighted by Crippen LogP contribution is 2.72. The van der Waals surface area contributed by atoms with E-state index in [1.165, 1.54) is 0 Å². The number of aliphatic hydroxyl groups excluding tert-OH is 1. The molecule has 228 valence electrons. The predicted molar refractivity (Wildman–Crippen MR) is 171 cm³/mol. The second-order valence-electron chi connectivity index (χ2n) is 12.2. The average molecular weight is 602 g/mol. The molecule has 3 saturated heterocycles. The largest absolute Gasteiger partial charge is 0.394 e. The number of hydrogen-bond donors (Lipinski definition) is 1. The first-order valence-electron chi connectivity index (χ1n) is 15.2. The molecular formula is C35H43N3O4S. The zero-order valence-corrected chi connectivity index (χ0v) is 26.0. The van der Waals surface area contributed by atoms with Crippen molar-refractivity contribution in [3.8, 4) is 0 Å². The van der Waals surface area contributed by atoms with E-state index in [1.54, 1.807) is 38.6 Å². The van der Waals surface area contributed by atoms with Crippen LogP contribution in [0.25, 0.3) is 0 Å². The van der Waals surface area contributed by atoms with Gasteiger partial charge in [-0.15, -0.1) is 24.9 Å². The highest BCUT2D eigenvalue weighted by Gasteiger charge is 2.78. The fourth-order valence-corrected chi connectivity index (χ4v) is 9.91. The molecule has 3 aliphatic rings. The Kier molecular flexibility index (Phi) is 9.18. The zero-order chi connectivity index (χ0) is 30.8. The van der Waals surface area contributed by atoms with Crippen molar-refractivity contribution < 1.29 is 19.5 Å². The molecule has 43 heavy (non-hydrogen) atoms. The first kappa shape index (κ1) is 31.1. The van der Waals surface area contributed by atoms with E-state index >= 15 is 0 Å². The number of likely N-dealkylation sites (tertiary alicyclic amines) is 1. The summed E-state index contributed by atoms with van der Waals surface area (Å²) in [5.74, 6) is -1.64. The lowest BCUT2D eigenvalue weighted by Gasteiger charge is -2.39. The minimum atomic E-state index is -0.780. The van der Waals surface area contributed by atoms with Crippen molar-refractivity contribution in [3.63, 3.8) is 0 Å². The van der Waals surface area contributed by atoms with Crippen molar-refractivity contribution in [2.45, 2.75) is 67.8 Å². The van der Waals surface area contributed by atoms with Crippen LogP contribution in [-0.4, -0.2) is 78.8 Å². The number of thioether (sulfide) groups is 1. The Morgan fingerprint density at radius 3 is 2.00 bits per heavy atom. The molecule has 2 unspecified atom stereocenters. The van der Waals surface area contributed by atoms with E-state index in [1.807, 2.05) is 67.6 Å². The maximum Gasteiger partial charge on any atom is 0.247 e. The molecule has 2 aromatic rings. The van der Waals surface area contributed by atoms with Gasteiger partial charge in [-0.3, -0.25) is 14.4 Å². The smallest absolute Gasteiger partial charge is 0.247 e. The number of benzene rings is 2. The highest BCUT2D eigenvalue weighted by atomic mass is 32.2. The molecule has 3 aliphatic heterocycles. The van der Waals surface area contributed by atoms with Crippen LogP contribution in [0.4, 0.5) is 0 Å². The summed E-state index contributed by atoms with van der Waals surface area (Å²) >= 11 is 1.66. The Hall–Kier alpha value is -3.36. The van der Waals surface area contributed by atoms with Gasteiger partial charge in [-0.2, -0.15) is 0 Å². The quantitative estimate of drug-likeness (QED) is 0.338. The highest BCUT2D eigenvalue weighted by molar-refractivity contribution is 8.02. The van der Waals surface area contributed by atoms with Crippen LogP contribution in [0.1, 0.15) is 44.2 Å². The maximum atomic E-state index is 14.7. The molecule has 0 aliphatic carbocycles. The Balaban J connectivity index is 1.55. The summed E-state index contributed by atoms with van der Waals surface area (Å²) < 4.78 is -1.24. The molecule has 3 fully saturated rings. The van der Waals surface area contributed by atoms with Crippen LogP contribution >= 0.6 is 11.8 Å². The lowest BCUT2D eigenvalue weighted by Crippen LogP contribution is -2.57. The molecule has 8 heteroatoms. The third-order valence-electron chi connectivity index (χ3n) is 9.54. The van der Waals surface area contributed by atoms with Crippen LogP contribution in [0.3, 0.4) is 0 Å². The molecule has 3 amide bonds. The van der Waals surface area contributed by atoms with Crippen LogP contribution in [0, 0.1) is 11.8 Å². The number of amides is 3. The molecule has 5 rings (SSSR count). The molecule has 0 aromatic heterocycles. The summed E-state index contributed by atoms with van der Waals surface area (Å²) in [6, 6.07) is 18.3. The van der Waals surface area contributed by atoms with E-state index in [0.717, 1.165) is 17.5 Å². The van der Waals surface area contributed by atoms with E-state index < -0.39 is 33.4 Å². The van der Waals surface area contributed by atoms with Gasteiger partial charge in [0, 0.05) is 30.9 Å². The molecule has 3 heterocycles. The summed E-state index contributed by atoms with van der Waals surface area (Å²) in [7, 11) is 0. The molecule has 0 saturated carbocycles. The summed E-state index contributed by atoms with van der Waals surface area (Å²) in [5.41, 5.74) is 1.99. The maximum absolute atomic E-state index is 14.7. The van der Waals surface area contributed by atoms with E-state index in [9.17, 15) is 19.5 Å². The molecule has 2 aromatic carbocycles. The van der Waals surface area contributed by atoms with Gasteiger partial charge in [-0.25, -0.2) is 0 Å². The molecular weight excluding hydrogens is 558 g/mol. The Bertz CT molecular complexity index is 1350. The van der Waals surface area contributed by atoms with Crippen molar-refractivity contribution in [2.75, 3.05) is 19.7 Å². The second kappa shape index (κ2) is 12.7. The number of carbonyl (C=O) groups excluding carboxylic acids is 3. The fourth-order valence-electron chi connectivity index (χ4n) is 7.58. The van der Waals surface area contributed by atoms with Crippen LogP contribution in [0.15, 0.2) is 86.0 Å². The van der Waals surface area contributed by atoms with E-state index in [0.29, 0.717) is 39.0 Å². The van der Waals surface area contributed by atoms with E-state index in [-0.39, 0.29) is 24.3 Å². The standard InChI is InChI=1S/C35H43N3O4S/c1-5-20-36(22-25-14-10-8-11-15-25)31(40)28-29-32(41)38(27(7-3)24-39)30(35(29)19-18-34(28,4)43-35)33(42)37(21-6-2)23-26-16-12-9-13-17-26/h5-6,8-17,27-30,39H,1-2,7,18-24H2,3-4H3/t27-,28+,29-,30?,34-,35?/m0/s1. The van der Waals surface area contributed by atoms with Gasteiger partial charge in [0.15, 0.2) is 0 Å². The SMILES string of the molecule is C=CCN(Cc1ccccc1)C(=O)C1N([C@@H](CC)CO)C(=O)[C@@H]2[C@H](C(=O)N(CC=C)Cc3ccccc3)[C@]3(C)CCC12S3. The Morgan fingerprint density at radius 2 is 1.51 bits per heavy atom. The molecule has 1 N–H and O–H groups in total. The van der Waals surface area contributed by atoms with Gasteiger partial charge >= 0.3 is 0 Å².